The van der Waals surface area contributed by atoms with Gasteiger partial charge in [-0.05, 0) is 50.8 Å². The van der Waals surface area contributed by atoms with Crippen LogP contribution in [0.3, 0.4) is 0 Å². The monoisotopic (exact) mass is 472 g/mol. The lowest BCUT2D eigenvalue weighted by Gasteiger charge is -2.21. The Balaban J connectivity index is 1.71. The molecule has 1 aliphatic heterocycles. The van der Waals surface area contributed by atoms with Gasteiger partial charge in [0.2, 0.25) is 0 Å². The summed E-state index contributed by atoms with van der Waals surface area (Å²) in [6.07, 6.45) is 8.34. The second-order valence-electron chi connectivity index (χ2n) is 8.03. The van der Waals surface area contributed by atoms with E-state index in [1.807, 2.05) is 26.0 Å². The van der Waals surface area contributed by atoms with E-state index in [0.29, 0.717) is 46.0 Å². The Morgan fingerprint density at radius 2 is 2.12 bits per heavy atom. The first-order valence-corrected chi connectivity index (χ1v) is 12.3. The van der Waals surface area contributed by atoms with Gasteiger partial charge in [0.1, 0.15) is 15.8 Å². The van der Waals surface area contributed by atoms with Gasteiger partial charge in [-0.25, -0.2) is 4.98 Å². The molecule has 1 aliphatic carbocycles. The van der Waals surface area contributed by atoms with Gasteiger partial charge in [0, 0.05) is 32.0 Å². The third-order valence-electron chi connectivity index (χ3n) is 5.84. The lowest BCUT2D eigenvalue weighted by molar-refractivity contribution is -0.123. The van der Waals surface area contributed by atoms with Gasteiger partial charge in [-0.3, -0.25) is 18.9 Å². The number of hydrogen-bond acceptors (Lipinski definition) is 7. The summed E-state index contributed by atoms with van der Waals surface area (Å²) in [6.45, 7) is 5.79. The zero-order chi connectivity index (χ0) is 22.7. The zero-order valence-corrected chi connectivity index (χ0v) is 20.1. The number of pyridine rings is 1. The molecule has 9 heteroatoms. The van der Waals surface area contributed by atoms with Crippen molar-refractivity contribution in [3.05, 3.63) is 44.7 Å². The fraction of sp³-hybridized carbons (Fsp3) is 0.478. The second-order valence-corrected chi connectivity index (χ2v) is 9.71. The van der Waals surface area contributed by atoms with Crippen LogP contribution in [-0.2, 0) is 9.53 Å². The minimum absolute atomic E-state index is 0.108. The molecule has 2 fully saturated rings. The molecule has 0 radical (unpaired) electrons. The van der Waals surface area contributed by atoms with Gasteiger partial charge in [0.25, 0.3) is 11.5 Å². The third kappa shape index (κ3) is 4.60. The van der Waals surface area contributed by atoms with Crippen LogP contribution in [0.25, 0.3) is 11.7 Å². The van der Waals surface area contributed by atoms with E-state index in [-0.39, 0.29) is 17.5 Å². The van der Waals surface area contributed by atoms with Crippen LogP contribution in [0.15, 0.2) is 28.0 Å². The molecule has 0 spiro atoms. The SMILES string of the molecule is CCOCCCNc1nc2c(C)cccn2c(=O)c1C=C1SC(=S)N(C2CCCC2)C1=O. The van der Waals surface area contributed by atoms with Crippen molar-refractivity contribution in [2.75, 3.05) is 25.1 Å². The maximum Gasteiger partial charge on any atom is 0.267 e. The lowest BCUT2D eigenvalue weighted by atomic mass is 10.2. The van der Waals surface area contributed by atoms with E-state index in [2.05, 4.69) is 5.32 Å². The maximum absolute atomic E-state index is 13.4. The molecule has 2 aromatic rings. The molecule has 2 aliphatic rings. The average Bonchev–Trinajstić information content (AvgIpc) is 3.39. The molecule has 0 bridgehead atoms. The van der Waals surface area contributed by atoms with Crippen molar-refractivity contribution >= 4 is 51.7 Å². The van der Waals surface area contributed by atoms with Crippen molar-refractivity contribution in [3.8, 4) is 0 Å². The van der Waals surface area contributed by atoms with E-state index >= 15 is 0 Å². The quantitative estimate of drug-likeness (QED) is 0.354. The number of thiocarbonyl (C=S) groups is 1. The molecule has 0 atom stereocenters. The number of hydrogen-bond donors (Lipinski definition) is 1. The van der Waals surface area contributed by atoms with E-state index in [1.54, 1.807) is 17.2 Å². The number of nitrogens with one attached hydrogen (secondary N) is 1. The fourth-order valence-electron chi connectivity index (χ4n) is 4.19. The topological polar surface area (TPSA) is 75.9 Å². The van der Waals surface area contributed by atoms with Gasteiger partial charge in [0.15, 0.2) is 0 Å². The van der Waals surface area contributed by atoms with Gasteiger partial charge >= 0.3 is 0 Å². The second kappa shape index (κ2) is 10.1. The molecule has 1 saturated heterocycles. The van der Waals surface area contributed by atoms with Crippen LogP contribution in [0.1, 0.15) is 50.2 Å². The first kappa shape index (κ1) is 22.9. The number of thioether (sulfide) groups is 1. The predicted molar refractivity (Wildman–Crippen MR) is 133 cm³/mol. The van der Waals surface area contributed by atoms with Gasteiger partial charge in [-0.15, -0.1) is 0 Å². The van der Waals surface area contributed by atoms with Crippen molar-refractivity contribution in [1.82, 2.24) is 14.3 Å². The highest BCUT2D eigenvalue weighted by atomic mass is 32.2. The molecule has 0 unspecified atom stereocenters. The van der Waals surface area contributed by atoms with Crippen LogP contribution in [0, 0.1) is 6.92 Å². The van der Waals surface area contributed by atoms with Gasteiger partial charge < -0.3 is 10.1 Å². The molecule has 2 aromatic heterocycles. The molecule has 3 heterocycles. The smallest absolute Gasteiger partial charge is 0.267 e. The highest BCUT2D eigenvalue weighted by molar-refractivity contribution is 8.26. The number of carbonyl (C=O) groups is 1. The number of amides is 1. The molecule has 32 heavy (non-hydrogen) atoms. The summed E-state index contributed by atoms with van der Waals surface area (Å²) >= 11 is 6.79. The number of rotatable bonds is 8. The number of anilines is 1. The third-order valence-corrected chi connectivity index (χ3v) is 7.17. The average molecular weight is 473 g/mol. The number of aromatic nitrogens is 2. The summed E-state index contributed by atoms with van der Waals surface area (Å²) in [5.41, 5.74) is 1.66. The van der Waals surface area contributed by atoms with Crippen molar-refractivity contribution < 1.29 is 9.53 Å². The predicted octanol–water partition coefficient (Wildman–Crippen LogP) is 3.99. The van der Waals surface area contributed by atoms with Crippen molar-refractivity contribution in [1.29, 1.82) is 0 Å². The van der Waals surface area contributed by atoms with Gasteiger partial charge in [0.05, 0.1) is 10.5 Å². The largest absolute Gasteiger partial charge is 0.382 e. The highest BCUT2D eigenvalue weighted by Gasteiger charge is 2.38. The first-order valence-electron chi connectivity index (χ1n) is 11.1. The van der Waals surface area contributed by atoms with Crippen LogP contribution in [-0.4, -0.2) is 50.3 Å². The summed E-state index contributed by atoms with van der Waals surface area (Å²) in [4.78, 5) is 33.5. The molecular weight excluding hydrogens is 444 g/mol. The highest BCUT2D eigenvalue weighted by Crippen LogP contribution is 2.38. The Kier molecular flexibility index (Phi) is 7.27. The van der Waals surface area contributed by atoms with E-state index in [0.717, 1.165) is 37.7 Å². The van der Waals surface area contributed by atoms with Gasteiger partial charge in [-0.1, -0.05) is 42.9 Å². The normalized spacial score (nSPS) is 18.4. The van der Waals surface area contributed by atoms with Crippen molar-refractivity contribution in [2.24, 2.45) is 0 Å². The summed E-state index contributed by atoms with van der Waals surface area (Å²) < 4.78 is 7.51. The van der Waals surface area contributed by atoms with Crippen molar-refractivity contribution in [2.45, 2.75) is 52.0 Å². The van der Waals surface area contributed by atoms with Crippen molar-refractivity contribution in [3.63, 3.8) is 0 Å². The maximum atomic E-state index is 13.4. The minimum Gasteiger partial charge on any atom is -0.382 e. The summed E-state index contributed by atoms with van der Waals surface area (Å²) in [7, 11) is 0. The summed E-state index contributed by atoms with van der Waals surface area (Å²) in [5, 5.41) is 3.28. The molecule has 1 saturated carbocycles. The Labute approximate surface area is 197 Å². The number of ether oxygens (including phenoxy) is 1. The number of carbonyl (C=O) groups excluding carboxylic acids is 1. The van der Waals surface area contributed by atoms with Crippen LogP contribution < -0.4 is 10.9 Å². The zero-order valence-electron chi connectivity index (χ0n) is 18.4. The first-order chi connectivity index (χ1) is 15.5. The van der Waals surface area contributed by atoms with Crippen LogP contribution >= 0.6 is 24.0 Å². The standard InChI is InChI=1S/C23H28N4O3S2/c1-3-30-13-7-11-24-19-17(21(28)26-12-6-8-15(2)20(26)25-19)14-18-22(29)27(23(31)32-18)16-9-4-5-10-16/h6,8,12,14,16,24H,3-5,7,9-11,13H2,1-2H3. The Hall–Kier alpha value is -2.23. The van der Waals surface area contributed by atoms with E-state index in [4.69, 9.17) is 21.9 Å². The van der Waals surface area contributed by atoms with Gasteiger partial charge in [-0.2, -0.15) is 0 Å². The number of nitrogens with zero attached hydrogens (tertiary/aromatic N) is 3. The Morgan fingerprint density at radius 3 is 2.88 bits per heavy atom. The minimum atomic E-state index is -0.211. The summed E-state index contributed by atoms with van der Waals surface area (Å²) in [5.74, 6) is 0.370. The summed E-state index contributed by atoms with van der Waals surface area (Å²) in [6, 6.07) is 3.92. The number of fused-ring (bicyclic) bond motifs is 1. The van der Waals surface area contributed by atoms with Crippen LogP contribution in [0.5, 0.6) is 0 Å². The molecule has 170 valence electrons. The molecule has 1 amide bonds. The Morgan fingerprint density at radius 1 is 1.34 bits per heavy atom. The van der Waals surface area contributed by atoms with Crippen LogP contribution in [0.2, 0.25) is 0 Å². The lowest BCUT2D eigenvalue weighted by Crippen LogP contribution is -2.36. The molecule has 0 aromatic carbocycles. The van der Waals surface area contributed by atoms with Crippen LogP contribution in [0.4, 0.5) is 5.82 Å². The van der Waals surface area contributed by atoms with E-state index in [9.17, 15) is 9.59 Å². The fourth-order valence-corrected chi connectivity index (χ4v) is 5.57. The molecule has 4 rings (SSSR count). The number of aryl methyl sites for hydroxylation is 1. The molecule has 1 N–H and O–H groups in total. The van der Waals surface area contributed by atoms with E-state index < -0.39 is 0 Å². The molecule has 7 nitrogen and oxygen atoms in total. The molecular formula is C23H28N4O3S2. The van der Waals surface area contributed by atoms with E-state index in [1.165, 1.54) is 16.2 Å². The Bertz CT molecular complexity index is 1120.